The van der Waals surface area contributed by atoms with Crippen molar-refractivity contribution in [1.82, 2.24) is 19.9 Å². The lowest BCUT2D eigenvalue weighted by atomic mass is 10.2. The minimum absolute atomic E-state index is 0.0607. The Hall–Kier alpha value is -2.57. The first-order chi connectivity index (χ1) is 13.3. The fourth-order valence-electron chi connectivity index (χ4n) is 2.44. The molecule has 0 aliphatic carbocycles. The third-order valence-electron chi connectivity index (χ3n) is 3.82. The molecule has 3 rings (SSSR count). The first-order valence-corrected chi connectivity index (χ1v) is 10.8. The van der Waals surface area contributed by atoms with Crippen molar-refractivity contribution in [2.24, 2.45) is 0 Å². The fraction of sp³-hybridized carbons (Fsp3) is 0.250. The van der Waals surface area contributed by atoms with Crippen molar-refractivity contribution in [3.8, 4) is 0 Å². The highest BCUT2D eigenvalue weighted by Crippen LogP contribution is 2.36. The van der Waals surface area contributed by atoms with Crippen LogP contribution in [0.3, 0.4) is 0 Å². The quantitative estimate of drug-likeness (QED) is 0.474. The van der Waals surface area contributed by atoms with Crippen molar-refractivity contribution >= 4 is 60.1 Å². The van der Waals surface area contributed by atoms with Crippen LogP contribution in [-0.2, 0) is 10.0 Å². The second-order valence-corrected chi connectivity index (χ2v) is 8.65. The Morgan fingerprint density at radius 3 is 2.68 bits per heavy atom. The van der Waals surface area contributed by atoms with E-state index in [1.807, 2.05) is 0 Å². The standard InChI is InChI=1S/C16H18BrN7O3S/c1-24(28(2,26)27)14-12(4-3-11-13(14)19-6-5-18-11)22-15-10(17)9-21-16(23-15)20-7-8-25/h3-6,9,25H,7-8H2,1-2H3,(H2,20,21,22,23). The van der Waals surface area contributed by atoms with E-state index >= 15 is 0 Å². The van der Waals surface area contributed by atoms with Gasteiger partial charge in [-0.05, 0) is 28.1 Å². The van der Waals surface area contributed by atoms with E-state index in [4.69, 9.17) is 5.11 Å². The van der Waals surface area contributed by atoms with Crippen LogP contribution >= 0.6 is 15.9 Å². The average molecular weight is 468 g/mol. The Morgan fingerprint density at radius 1 is 1.21 bits per heavy atom. The number of hydrogen-bond acceptors (Lipinski definition) is 9. The molecule has 0 aliphatic rings. The van der Waals surface area contributed by atoms with Crippen molar-refractivity contribution < 1.29 is 13.5 Å². The van der Waals surface area contributed by atoms with Crippen molar-refractivity contribution in [2.45, 2.75) is 0 Å². The highest BCUT2D eigenvalue weighted by Gasteiger charge is 2.21. The molecule has 10 nitrogen and oxygen atoms in total. The van der Waals surface area contributed by atoms with Crippen LogP contribution in [0.2, 0.25) is 0 Å². The van der Waals surface area contributed by atoms with Gasteiger partial charge in [0.15, 0.2) is 0 Å². The molecule has 28 heavy (non-hydrogen) atoms. The number of nitrogens with zero attached hydrogens (tertiary/aromatic N) is 5. The zero-order valence-electron chi connectivity index (χ0n) is 15.1. The highest BCUT2D eigenvalue weighted by atomic mass is 79.9. The molecule has 0 atom stereocenters. The topological polar surface area (TPSA) is 133 Å². The molecule has 0 bridgehead atoms. The summed E-state index contributed by atoms with van der Waals surface area (Å²) in [5, 5.41) is 14.9. The Labute approximate surface area is 170 Å². The molecule has 0 saturated heterocycles. The monoisotopic (exact) mass is 467 g/mol. The van der Waals surface area contributed by atoms with Crippen molar-refractivity contribution in [3.05, 3.63) is 35.2 Å². The number of benzene rings is 1. The number of rotatable bonds is 7. The summed E-state index contributed by atoms with van der Waals surface area (Å²) in [4.78, 5) is 17.0. The van der Waals surface area contributed by atoms with Gasteiger partial charge in [0, 0.05) is 32.2 Å². The second-order valence-electron chi connectivity index (χ2n) is 5.78. The Morgan fingerprint density at radius 2 is 1.96 bits per heavy atom. The van der Waals surface area contributed by atoms with Gasteiger partial charge in [0.05, 0.1) is 28.5 Å². The number of sulfonamides is 1. The van der Waals surface area contributed by atoms with Crippen LogP contribution in [0.25, 0.3) is 11.0 Å². The van der Waals surface area contributed by atoms with Crippen LogP contribution in [0, 0.1) is 0 Å². The summed E-state index contributed by atoms with van der Waals surface area (Å²) in [5.74, 6) is 0.736. The predicted molar refractivity (Wildman–Crippen MR) is 111 cm³/mol. The van der Waals surface area contributed by atoms with E-state index < -0.39 is 10.0 Å². The van der Waals surface area contributed by atoms with Gasteiger partial charge in [0.25, 0.3) is 0 Å². The van der Waals surface area contributed by atoms with Crippen LogP contribution in [0.1, 0.15) is 0 Å². The number of aromatic nitrogens is 4. The lowest BCUT2D eigenvalue weighted by Crippen LogP contribution is -2.26. The first-order valence-electron chi connectivity index (χ1n) is 8.13. The second kappa shape index (κ2) is 8.20. The average Bonchev–Trinajstić information content (AvgIpc) is 2.67. The molecule has 3 N–H and O–H groups in total. The minimum atomic E-state index is -3.55. The van der Waals surface area contributed by atoms with Crippen LogP contribution in [-0.4, -0.2) is 59.9 Å². The molecule has 148 valence electrons. The molecule has 2 aromatic heterocycles. The number of nitrogens with one attached hydrogen (secondary N) is 2. The summed E-state index contributed by atoms with van der Waals surface area (Å²) >= 11 is 3.38. The smallest absolute Gasteiger partial charge is 0.232 e. The van der Waals surface area contributed by atoms with Gasteiger partial charge in [-0.25, -0.2) is 13.4 Å². The molecule has 0 amide bonds. The summed E-state index contributed by atoms with van der Waals surface area (Å²) in [6, 6.07) is 3.45. The minimum Gasteiger partial charge on any atom is -0.395 e. The van der Waals surface area contributed by atoms with Crippen molar-refractivity contribution in [3.63, 3.8) is 0 Å². The van der Waals surface area contributed by atoms with Gasteiger partial charge in [-0.3, -0.25) is 14.3 Å². The van der Waals surface area contributed by atoms with Crippen LogP contribution in [0.5, 0.6) is 0 Å². The molecule has 0 unspecified atom stereocenters. The molecule has 0 radical (unpaired) electrons. The van der Waals surface area contributed by atoms with E-state index in [1.165, 1.54) is 13.2 Å². The molecule has 0 fully saturated rings. The SMILES string of the molecule is CN(c1c(Nc2nc(NCCO)ncc2Br)ccc2nccnc12)S(C)(=O)=O. The maximum atomic E-state index is 12.2. The highest BCUT2D eigenvalue weighted by molar-refractivity contribution is 9.10. The van der Waals surface area contributed by atoms with Crippen LogP contribution < -0.4 is 14.9 Å². The molecule has 2 heterocycles. The van der Waals surface area contributed by atoms with Gasteiger partial charge in [0.2, 0.25) is 16.0 Å². The largest absolute Gasteiger partial charge is 0.395 e. The van der Waals surface area contributed by atoms with Gasteiger partial charge in [-0.15, -0.1) is 0 Å². The number of halogens is 1. The van der Waals surface area contributed by atoms with E-state index in [1.54, 1.807) is 24.5 Å². The van der Waals surface area contributed by atoms with Gasteiger partial charge >= 0.3 is 0 Å². The number of fused-ring (bicyclic) bond motifs is 1. The van der Waals surface area contributed by atoms with E-state index in [2.05, 4.69) is 46.5 Å². The summed E-state index contributed by atoms with van der Waals surface area (Å²) in [6.07, 6.45) is 5.71. The van der Waals surface area contributed by atoms with Crippen LogP contribution in [0.15, 0.2) is 35.2 Å². The van der Waals surface area contributed by atoms with Crippen molar-refractivity contribution in [1.29, 1.82) is 0 Å². The molecule has 1 aromatic carbocycles. The van der Waals surface area contributed by atoms with E-state index in [-0.39, 0.29) is 6.61 Å². The van der Waals surface area contributed by atoms with Crippen LogP contribution in [0.4, 0.5) is 23.1 Å². The zero-order valence-corrected chi connectivity index (χ0v) is 17.5. The first kappa shape index (κ1) is 20.2. The maximum absolute atomic E-state index is 12.2. The number of anilines is 4. The Kier molecular flexibility index (Phi) is 5.91. The van der Waals surface area contributed by atoms with Crippen molar-refractivity contribution in [2.75, 3.05) is 41.4 Å². The summed E-state index contributed by atoms with van der Waals surface area (Å²) in [6.45, 7) is 0.240. The summed E-state index contributed by atoms with van der Waals surface area (Å²) in [7, 11) is -2.10. The molecule has 12 heteroatoms. The van der Waals surface area contributed by atoms with E-state index in [0.717, 1.165) is 10.6 Å². The number of hydrogen-bond donors (Lipinski definition) is 3. The molecule has 0 saturated carbocycles. The third kappa shape index (κ3) is 4.29. The molecular weight excluding hydrogens is 450 g/mol. The summed E-state index contributed by atoms with van der Waals surface area (Å²) in [5.41, 5.74) is 1.83. The molecule has 3 aromatic rings. The maximum Gasteiger partial charge on any atom is 0.232 e. The number of aliphatic hydroxyl groups is 1. The Balaban J connectivity index is 2.11. The third-order valence-corrected chi connectivity index (χ3v) is 5.58. The lowest BCUT2D eigenvalue weighted by molar-refractivity contribution is 0.311. The zero-order chi connectivity index (χ0) is 20.3. The molecule has 0 spiro atoms. The number of aliphatic hydroxyl groups excluding tert-OH is 1. The molecule has 0 aliphatic heterocycles. The Bertz CT molecular complexity index is 1110. The fourth-order valence-corrected chi connectivity index (χ4v) is 3.25. The van der Waals surface area contributed by atoms with E-state index in [0.29, 0.717) is 45.2 Å². The van der Waals surface area contributed by atoms with Gasteiger partial charge in [0.1, 0.15) is 17.0 Å². The van der Waals surface area contributed by atoms with Gasteiger partial charge in [-0.1, -0.05) is 0 Å². The summed E-state index contributed by atoms with van der Waals surface area (Å²) < 4.78 is 26.1. The predicted octanol–water partition coefficient (Wildman–Crippen LogP) is 1.73. The van der Waals surface area contributed by atoms with Gasteiger partial charge < -0.3 is 15.7 Å². The lowest BCUT2D eigenvalue weighted by Gasteiger charge is -2.22. The molecular formula is C16H18BrN7O3S. The normalized spacial score (nSPS) is 11.4. The van der Waals surface area contributed by atoms with Gasteiger partial charge in [-0.2, -0.15) is 4.98 Å². The van der Waals surface area contributed by atoms with E-state index in [9.17, 15) is 8.42 Å².